The average Bonchev–Trinajstić information content (AvgIpc) is 3.02. The topological polar surface area (TPSA) is 67.9 Å². The summed E-state index contributed by atoms with van der Waals surface area (Å²) < 4.78 is 4.97. The number of esters is 1. The minimum absolute atomic E-state index is 0.105. The molecule has 0 aliphatic rings. The summed E-state index contributed by atoms with van der Waals surface area (Å²) in [4.78, 5) is 22.7. The van der Waals surface area contributed by atoms with Gasteiger partial charge in [0.1, 0.15) is 0 Å². The van der Waals surface area contributed by atoms with Gasteiger partial charge in [-0.1, -0.05) is 65.7 Å². The van der Waals surface area contributed by atoms with Crippen LogP contribution in [0.25, 0.3) is 33.5 Å². The number of carbonyl (C=O) groups excluding carboxylic acids is 1. The van der Waals surface area contributed by atoms with Gasteiger partial charge in [-0.3, -0.25) is 4.79 Å². The van der Waals surface area contributed by atoms with E-state index in [9.17, 15) is 4.79 Å². The van der Waals surface area contributed by atoms with E-state index in [1.165, 1.54) is 12.5 Å². The standard InChI is InChI=1S/C21H16ClN3O2/c1-12-3-5-14(6-4-12)15-7-9-16(10-8-15)19-17(22)11-18-20(24-19)25-21(23-18)27-13(2)26/h3-11H,1-2H3,(H,23,24,25). The number of aromatic amines is 1. The number of nitrogens with one attached hydrogen (secondary N) is 1. The SMILES string of the molecule is CC(=O)Oc1nc2nc(-c3ccc(-c4ccc(C)cc4)cc3)c(Cl)cc2[nH]1. The number of aryl methyl sites for hydroxylation is 1. The second-order valence-electron chi connectivity index (χ2n) is 6.27. The zero-order valence-electron chi connectivity index (χ0n) is 14.8. The molecule has 0 aliphatic carbocycles. The van der Waals surface area contributed by atoms with Gasteiger partial charge in [0, 0.05) is 12.5 Å². The Morgan fingerprint density at radius 1 is 0.963 bits per heavy atom. The molecule has 0 fully saturated rings. The van der Waals surface area contributed by atoms with Gasteiger partial charge in [-0.05, 0) is 24.1 Å². The number of nitrogens with zero attached hydrogens (tertiary/aromatic N) is 2. The molecule has 2 aromatic heterocycles. The molecule has 0 aliphatic heterocycles. The molecule has 5 nitrogen and oxygen atoms in total. The van der Waals surface area contributed by atoms with Gasteiger partial charge in [0.25, 0.3) is 0 Å². The van der Waals surface area contributed by atoms with Gasteiger partial charge in [-0.2, -0.15) is 4.98 Å². The number of hydrogen-bond donors (Lipinski definition) is 1. The number of halogens is 1. The molecular weight excluding hydrogens is 362 g/mol. The molecule has 0 saturated heterocycles. The minimum Gasteiger partial charge on any atom is -0.392 e. The molecule has 0 bridgehead atoms. The Kier molecular flexibility index (Phi) is 4.38. The van der Waals surface area contributed by atoms with Gasteiger partial charge in [-0.25, -0.2) is 4.98 Å². The number of pyridine rings is 1. The number of imidazole rings is 1. The summed E-state index contributed by atoms with van der Waals surface area (Å²) in [5.41, 5.74) is 6.06. The molecule has 4 aromatic rings. The van der Waals surface area contributed by atoms with Gasteiger partial charge < -0.3 is 9.72 Å². The van der Waals surface area contributed by atoms with Gasteiger partial charge in [0.2, 0.25) is 0 Å². The molecule has 2 aromatic carbocycles. The van der Waals surface area contributed by atoms with E-state index in [1.54, 1.807) is 6.07 Å². The van der Waals surface area contributed by atoms with Crippen LogP contribution in [0.4, 0.5) is 0 Å². The molecule has 0 saturated carbocycles. The third kappa shape index (κ3) is 3.55. The van der Waals surface area contributed by atoms with E-state index in [2.05, 4.69) is 46.1 Å². The molecule has 0 unspecified atom stereocenters. The molecule has 4 rings (SSSR count). The third-order valence-corrected chi connectivity index (χ3v) is 4.48. The number of rotatable bonds is 3. The van der Waals surface area contributed by atoms with Gasteiger partial charge in [0.05, 0.1) is 16.2 Å². The number of ether oxygens (including phenoxy) is 1. The van der Waals surface area contributed by atoms with Crippen molar-refractivity contribution in [2.75, 3.05) is 0 Å². The number of hydrogen-bond acceptors (Lipinski definition) is 4. The summed E-state index contributed by atoms with van der Waals surface area (Å²) in [5, 5.41) is 0.489. The zero-order valence-corrected chi connectivity index (χ0v) is 15.5. The Balaban J connectivity index is 1.69. The molecule has 0 radical (unpaired) electrons. The van der Waals surface area contributed by atoms with E-state index in [1.807, 2.05) is 24.3 Å². The lowest BCUT2D eigenvalue weighted by Gasteiger charge is -2.06. The first-order valence-electron chi connectivity index (χ1n) is 8.42. The van der Waals surface area contributed by atoms with Crippen LogP contribution in [0.1, 0.15) is 12.5 Å². The first-order valence-corrected chi connectivity index (χ1v) is 8.79. The summed E-state index contributed by atoms with van der Waals surface area (Å²) in [6, 6.07) is 18.3. The lowest BCUT2D eigenvalue weighted by Crippen LogP contribution is -2.02. The van der Waals surface area contributed by atoms with E-state index in [0.29, 0.717) is 21.9 Å². The first kappa shape index (κ1) is 17.2. The predicted octanol–water partition coefficient (Wildman–Crippen LogP) is 5.18. The monoisotopic (exact) mass is 377 g/mol. The zero-order chi connectivity index (χ0) is 19.0. The molecule has 0 amide bonds. The Hall–Kier alpha value is -3.18. The van der Waals surface area contributed by atoms with Gasteiger partial charge >= 0.3 is 12.0 Å². The van der Waals surface area contributed by atoms with Crippen LogP contribution in [0.3, 0.4) is 0 Å². The number of benzene rings is 2. The normalized spacial score (nSPS) is 10.9. The molecule has 27 heavy (non-hydrogen) atoms. The Bertz CT molecular complexity index is 1130. The molecule has 0 atom stereocenters. The summed E-state index contributed by atoms with van der Waals surface area (Å²) in [7, 11) is 0. The fourth-order valence-electron chi connectivity index (χ4n) is 2.85. The predicted molar refractivity (Wildman–Crippen MR) is 106 cm³/mol. The summed E-state index contributed by atoms with van der Waals surface area (Å²) in [6.45, 7) is 3.38. The summed E-state index contributed by atoms with van der Waals surface area (Å²) >= 11 is 6.41. The summed E-state index contributed by atoms with van der Waals surface area (Å²) in [6.07, 6.45) is 0. The molecule has 134 valence electrons. The van der Waals surface area contributed by atoms with E-state index >= 15 is 0 Å². The quantitative estimate of drug-likeness (QED) is 0.499. The van der Waals surface area contributed by atoms with Crippen molar-refractivity contribution in [3.8, 4) is 28.4 Å². The first-order chi connectivity index (χ1) is 13.0. The van der Waals surface area contributed by atoms with E-state index in [-0.39, 0.29) is 6.01 Å². The van der Waals surface area contributed by atoms with Crippen molar-refractivity contribution < 1.29 is 9.53 Å². The maximum atomic E-state index is 11.1. The highest BCUT2D eigenvalue weighted by Gasteiger charge is 2.13. The van der Waals surface area contributed by atoms with Crippen LogP contribution in [0.2, 0.25) is 5.02 Å². The lowest BCUT2D eigenvalue weighted by atomic mass is 10.0. The highest BCUT2D eigenvalue weighted by Crippen LogP contribution is 2.31. The largest absolute Gasteiger partial charge is 0.392 e. The molecule has 0 spiro atoms. The molecule has 1 N–H and O–H groups in total. The minimum atomic E-state index is -0.452. The van der Waals surface area contributed by atoms with Crippen LogP contribution in [0.5, 0.6) is 6.01 Å². The Morgan fingerprint density at radius 3 is 2.19 bits per heavy atom. The fraction of sp³-hybridized carbons (Fsp3) is 0.0952. The highest BCUT2D eigenvalue weighted by molar-refractivity contribution is 6.33. The van der Waals surface area contributed by atoms with Crippen LogP contribution in [-0.2, 0) is 4.79 Å². The molecule has 2 heterocycles. The second kappa shape index (κ2) is 6.85. The van der Waals surface area contributed by atoms with Crippen molar-refractivity contribution >= 4 is 28.7 Å². The van der Waals surface area contributed by atoms with Crippen LogP contribution >= 0.6 is 11.6 Å². The maximum Gasteiger partial charge on any atom is 0.310 e. The number of H-pyrrole nitrogens is 1. The van der Waals surface area contributed by atoms with Crippen molar-refractivity contribution in [2.45, 2.75) is 13.8 Å². The smallest absolute Gasteiger partial charge is 0.310 e. The highest BCUT2D eigenvalue weighted by atomic mass is 35.5. The van der Waals surface area contributed by atoms with Crippen LogP contribution in [-0.4, -0.2) is 20.9 Å². The number of aromatic nitrogens is 3. The van der Waals surface area contributed by atoms with E-state index in [4.69, 9.17) is 16.3 Å². The van der Waals surface area contributed by atoms with Crippen molar-refractivity contribution in [3.05, 3.63) is 65.2 Å². The number of carbonyl (C=O) groups is 1. The average molecular weight is 378 g/mol. The molecule has 6 heteroatoms. The van der Waals surface area contributed by atoms with Crippen molar-refractivity contribution in [1.82, 2.24) is 15.0 Å². The lowest BCUT2D eigenvalue weighted by molar-refractivity contribution is -0.132. The Labute approximate surface area is 161 Å². The van der Waals surface area contributed by atoms with E-state index < -0.39 is 5.97 Å². The summed E-state index contributed by atoms with van der Waals surface area (Å²) in [5.74, 6) is -0.452. The maximum absolute atomic E-state index is 11.1. The fourth-order valence-corrected chi connectivity index (χ4v) is 3.11. The second-order valence-corrected chi connectivity index (χ2v) is 6.68. The van der Waals surface area contributed by atoms with Crippen LogP contribution in [0.15, 0.2) is 54.6 Å². The van der Waals surface area contributed by atoms with Crippen molar-refractivity contribution in [1.29, 1.82) is 0 Å². The van der Waals surface area contributed by atoms with Gasteiger partial charge in [0.15, 0.2) is 5.65 Å². The third-order valence-electron chi connectivity index (χ3n) is 4.19. The van der Waals surface area contributed by atoms with Gasteiger partial charge in [-0.15, -0.1) is 0 Å². The number of fused-ring (bicyclic) bond motifs is 1. The van der Waals surface area contributed by atoms with Crippen LogP contribution in [0, 0.1) is 6.92 Å². The van der Waals surface area contributed by atoms with Crippen molar-refractivity contribution in [2.24, 2.45) is 0 Å². The Morgan fingerprint density at radius 2 is 1.56 bits per heavy atom. The molecular formula is C21H16ClN3O2. The van der Waals surface area contributed by atoms with Crippen LogP contribution < -0.4 is 4.74 Å². The van der Waals surface area contributed by atoms with Crippen molar-refractivity contribution in [3.63, 3.8) is 0 Å². The van der Waals surface area contributed by atoms with E-state index in [0.717, 1.165) is 16.7 Å².